The Morgan fingerprint density at radius 3 is 2.52 bits per heavy atom. The first-order valence-electron chi connectivity index (χ1n) is 10.3. The van der Waals surface area contributed by atoms with Gasteiger partial charge in [0.15, 0.2) is 17.1 Å². The normalized spacial score (nSPS) is 11.7. The van der Waals surface area contributed by atoms with E-state index >= 15 is 0 Å². The molecule has 0 radical (unpaired) electrons. The molecule has 4 heterocycles. The minimum atomic E-state index is -3.60. The third kappa shape index (κ3) is 4.22. The van der Waals surface area contributed by atoms with Crippen LogP contribution < -0.4 is 4.74 Å². The second-order valence-corrected chi connectivity index (χ2v) is 9.23. The lowest BCUT2D eigenvalue weighted by Gasteiger charge is -2.07. The Morgan fingerprint density at radius 2 is 1.76 bits per heavy atom. The molecule has 0 unspecified atom stereocenters. The second kappa shape index (κ2) is 8.51. The standard InChI is InChI=1S/C24H20N4O4S/c1-31-20-10-11-25-19(15-20)6-9-23-27-24-22(32-23)14-18(16-26-24)17-4-7-21(8-5-17)33(29,30)28-12-2-3-13-28/h2-5,7-8,10-16H,6,9H2,1H3. The van der Waals surface area contributed by atoms with Crippen LogP contribution in [0.3, 0.4) is 0 Å². The molecule has 0 aliphatic rings. The topological polar surface area (TPSA) is 100 Å². The maximum absolute atomic E-state index is 12.6. The second-order valence-electron chi connectivity index (χ2n) is 7.38. The lowest BCUT2D eigenvalue weighted by molar-refractivity contribution is 0.413. The van der Waals surface area contributed by atoms with Crippen molar-refractivity contribution < 1.29 is 17.6 Å². The highest BCUT2D eigenvalue weighted by atomic mass is 32.2. The summed E-state index contributed by atoms with van der Waals surface area (Å²) in [5.74, 6) is 1.34. The van der Waals surface area contributed by atoms with Gasteiger partial charge in [0.05, 0.1) is 12.0 Å². The van der Waals surface area contributed by atoms with Crippen LogP contribution >= 0.6 is 0 Å². The molecule has 0 atom stereocenters. The van der Waals surface area contributed by atoms with E-state index in [0.717, 1.165) is 22.6 Å². The van der Waals surface area contributed by atoms with Crippen molar-refractivity contribution in [2.75, 3.05) is 7.11 Å². The number of methoxy groups -OCH3 is 1. The highest BCUT2D eigenvalue weighted by molar-refractivity contribution is 7.90. The number of aromatic nitrogens is 4. The van der Waals surface area contributed by atoms with Crippen molar-refractivity contribution >= 4 is 21.3 Å². The third-order valence-corrected chi connectivity index (χ3v) is 6.92. The highest BCUT2D eigenvalue weighted by Crippen LogP contribution is 2.25. The first-order valence-corrected chi connectivity index (χ1v) is 11.7. The summed E-state index contributed by atoms with van der Waals surface area (Å²) in [6, 6.07) is 15.6. The predicted molar refractivity (Wildman–Crippen MR) is 122 cm³/mol. The molecule has 0 bridgehead atoms. The molecule has 1 aromatic carbocycles. The van der Waals surface area contributed by atoms with E-state index in [-0.39, 0.29) is 4.90 Å². The van der Waals surface area contributed by atoms with E-state index in [1.54, 1.807) is 62.0 Å². The summed E-state index contributed by atoms with van der Waals surface area (Å²) in [5.41, 5.74) is 3.63. The van der Waals surface area contributed by atoms with Gasteiger partial charge in [0, 0.05) is 48.5 Å². The molecule has 5 rings (SSSR count). The molecule has 0 aliphatic heterocycles. The molecule has 0 saturated heterocycles. The summed E-state index contributed by atoms with van der Waals surface area (Å²) in [6.07, 6.45) is 7.67. The van der Waals surface area contributed by atoms with E-state index in [9.17, 15) is 8.42 Å². The number of fused-ring (bicyclic) bond motifs is 1. The number of oxazole rings is 1. The smallest absolute Gasteiger partial charge is 0.267 e. The summed E-state index contributed by atoms with van der Waals surface area (Å²) >= 11 is 0. The number of aryl methyl sites for hydroxylation is 2. The van der Waals surface area contributed by atoms with E-state index in [0.29, 0.717) is 30.0 Å². The van der Waals surface area contributed by atoms with Gasteiger partial charge in [0.2, 0.25) is 0 Å². The lowest BCUT2D eigenvalue weighted by Crippen LogP contribution is -2.10. The van der Waals surface area contributed by atoms with Crippen LogP contribution in [0.15, 0.2) is 88.7 Å². The summed E-state index contributed by atoms with van der Waals surface area (Å²) in [4.78, 5) is 13.4. The summed E-state index contributed by atoms with van der Waals surface area (Å²) < 4.78 is 37.6. The van der Waals surface area contributed by atoms with Gasteiger partial charge >= 0.3 is 0 Å². The predicted octanol–water partition coefficient (Wildman–Crippen LogP) is 4.12. The fourth-order valence-corrected chi connectivity index (χ4v) is 4.69. The van der Waals surface area contributed by atoms with Crippen LogP contribution in [0.25, 0.3) is 22.4 Å². The molecule has 0 aliphatic carbocycles. The van der Waals surface area contributed by atoms with Gasteiger partial charge in [-0.2, -0.15) is 4.98 Å². The number of rotatable bonds is 7. The largest absolute Gasteiger partial charge is 0.497 e. The Hall–Kier alpha value is -3.98. The van der Waals surface area contributed by atoms with E-state index < -0.39 is 10.0 Å². The number of ether oxygens (including phenoxy) is 1. The maximum atomic E-state index is 12.6. The van der Waals surface area contributed by atoms with Crippen LogP contribution in [-0.4, -0.2) is 34.5 Å². The van der Waals surface area contributed by atoms with Gasteiger partial charge in [-0.1, -0.05) is 12.1 Å². The molecular formula is C24H20N4O4S. The van der Waals surface area contributed by atoms with Crippen LogP contribution in [0, 0.1) is 0 Å². The Labute approximate surface area is 190 Å². The molecule has 0 fully saturated rings. The summed E-state index contributed by atoms with van der Waals surface area (Å²) in [6.45, 7) is 0. The monoisotopic (exact) mass is 460 g/mol. The van der Waals surface area contributed by atoms with Gasteiger partial charge in [-0.15, -0.1) is 0 Å². The van der Waals surface area contributed by atoms with Gasteiger partial charge in [-0.05, 0) is 48.4 Å². The molecule has 4 aromatic heterocycles. The first kappa shape index (κ1) is 20.9. The van der Waals surface area contributed by atoms with E-state index in [4.69, 9.17) is 9.15 Å². The Morgan fingerprint density at radius 1 is 0.970 bits per heavy atom. The van der Waals surface area contributed by atoms with E-state index in [1.807, 2.05) is 12.1 Å². The molecule has 8 nitrogen and oxygen atoms in total. The fourth-order valence-electron chi connectivity index (χ4n) is 3.50. The van der Waals surface area contributed by atoms with Crippen molar-refractivity contribution in [1.29, 1.82) is 0 Å². The van der Waals surface area contributed by atoms with E-state index in [2.05, 4.69) is 15.0 Å². The van der Waals surface area contributed by atoms with Gasteiger partial charge in [-0.25, -0.2) is 17.4 Å². The van der Waals surface area contributed by atoms with Gasteiger partial charge in [0.1, 0.15) is 5.75 Å². The van der Waals surface area contributed by atoms with Crippen molar-refractivity contribution in [2.24, 2.45) is 0 Å². The molecular weight excluding hydrogens is 440 g/mol. The Kier molecular flexibility index (Phi) is 5.39. The SMILES string of the molecule is COc1ccnc(CCc2nc3ncc(-c4ccc(S(=O)(=O)n5cccc5)cc4)cc3o2)c1. The van der Waals surface area contributed by atoms with Crippen molar-refractivity contribution in [2.45, 2.75) is 17.7 Å². The molecule has 0 spiro atoms. The molecule has 33 heavy (non-hydrogen) atoms. The quantitative estimate of drug-likeness (QED) is 0.360. The van der Waals surface area contributed by atoms with Crippen LogP contribution in [0.5, 0.6) is 5.75 Å². The lowest BCUT2D eigenvalue weighted by atomic mass is 10.1. The Bertz CT molecular complexity index is 1510. The van der Waals surface area contributed by atoms with Crippen molar-refractivity contribution in [1.82, 2.24) is 18.9 Å². The molecule has 166 valence electrons. The highest BCUT2D eigenvalue weighted by Gasteiger charge is 2.16. The third-order valence-electron chi connectivity index (χ3n) is 5.25. The average Bonchev–Trinajstić information content (AvgIpc) is 3.53. The molecule has 5 aromatic rings. The number of hydrogen-bond donors (Lipinski definition) is 0. The number of nitrogens with zero attached hydrogens (tertiary/aromatic N) is 4. The number of pyridine rings is 2. The minimum absolute atomic E-state index is 0.213. The molecule has 0 amide bonds. The van der Waals surface area contributed by atoms with Gasteiger partial charge in [0.25, 0.3) is 10.0 Å². The van der Waals surface area contributed by atoms with Gasteiger partial charge < -0.3 is 9.15 Å². The fraction of sp³-hybridized carbons (Fsp3) is 0.125. The molecule has 0 N–H and O–H groups in total. The van der Waals surface area contributed by atoms with Crippen molar-refractivity contribution in [3.8, 4) is 16.9 Å². The zero-order valence-electron chi connectivity index (χ0n) is 17.7. The first-order chi connectivity index (χ1) is 16.0. The Balaban J connectivity index is 1.35. The van der Waals surface area contributed by atoms with Crippen LogP contribution in [-0.2, 0) is 22.9 Å². The maximum Gasteiger partial charge on any atom is 0.267 e. The average molecular weight is 461 g/mol. The van der Waals surface area contributed by atoms with Crippen molar-refractivity contribution in [3.05, 3.63) is 91.0 Å². The number of benzene rings is 1. The molecule has 9 heteroatoms. The van der Waals surface area contributed by atoms with Gasteiger partial charge in [-0.3, -0.25) is 4.98 Å². The zero-order chi connectivity index (χ0) is 22.8. The zero-order valence-corrected chi connectivity index (χ0v) is 18.6. The molecule has 0 saturated carbocycles. The van der Waals surface area contributed by atoms with E-state index in [1.165, 1.54) is 16.4 Å². The van der Waals surface area contributed by atoms with Crippen LogP contribution in [0.4, 0.5) is 0 Å². The summed E-state index contributed by atoms with van der Waals surface area (Å²) in [5, 5.41) is 0. The summed E-state index contributed by atoms with van der Waals surface area (Å²) in [7, 11) is -1.98. The van der Waals surface area contributed by atoms with Crippen molar-refractivity contribution in [3.63, 3.8) is 0 Å². The number of hydrogen-bond acceptors (Lipinski definition) is 7. The van der Waals surface area contributed by atoms with Crippen LogP contribution in [0.1, 0.15) is 11.6 Å². The van der Waals surface area contributed by atoms with Crippen LogP contribution in [0.2, 0.25) is 0 Å². The minimum Gasteiger partial charge on any atom is -0.497 e.